The van der Waals surface area contributed by atoms with Gasteiger partial charge in [0.05, 0.1) is 0 Å². The van der Waals surface area contributed by atoms with Crippen LogP contribution in [0.2, 0.25) is 0 Å². The lowest BCUT2D eigenvalue weighted by atomic mass is 10.1. The van der Waals surface area contributed by atoms with E-state index in [0.29, 0.717) is 12.1 Å². The quantitative estimate of drug-likeness (QED) is 0.788. The van der Waals surface area contributed by atoms with Crippen molar-refractivity contribution in [3.8, 4) is 0 Å². The predicted molar refractivity (Wildman–Crippen MR) is 79.5 cm³/mol. The molecule has 4 heteroatoms. The Morgan fingerprint density at radius 1 is 1.05 bits per heavy atom. The van der Waals surface area contributed by atoms with Crippen molar-refractivity contribution >= 4 is 5.91 Å². The van der Waals surface area contributed by atoms with Gasteiger partial charge >= 0.3 is 0 Å². The lowest BCUT2D eigenvalue weighted by molar-refractivity contribution is 0.0954. The van der Waals surface area contributed by atoms with Crippen LogP contribution in [0.25, 0.3) is 0 Å². The van der Waals surface area contributed by atoms with Gasteiger partial charge in [0.2, 0.25) is 0 Å². The number of nitrogens with one attached hydrogen (secondary N) is 2. The van der Waals surface area contributed by atoms with Crippen LogP contribution >= 0.6 is 0 Å². The zero-order chi connectivity index (χ0) is 14.2. The number of rotatable bonds is 6. The van der Waals surface area contributed by atoms with E-state index in [-0.39, 0.29) is 5.91 Å². The smallest absolute Gasteiger partial charge is 0.251 e. The van der Waals surface area contributed by atoms with E-state index in [1.165, 1.54) is 5.56 Å². The summed E-state index contributed by atoms with van der Waals surface area (Å²) in [5.74, 6) is -0.0317. The number of pyridine rings is 1. The Kier molecular flexibility index (Phi) is 5.26. The molecule has 104 valence electrons. The van der Waals surface area contributed by atoms with E-state index in [1.54, 1.807) is 12.4 Å². The van der Waals surface area contributed by atoms with Crippen LogP contribution in [0.3, 0.4) is 0 Å². The van der Waals surface area contributed by atoms with Crippen molar-refractivity contribution in [1.29, 1.82) is 0 Å². The third kappa shape index (κ3) is 4.48. The number of carbonyl (C=O) groups is 1. The second-order valence-corrected chi connectivity index (χ2v) is 4.65. The van der Waals surface area contributed by atoms with Crippen LogP contribution in [0.5, 0.6) is 0 Å². The SMILES string of the molecule is Cc1ccc(C(=O)NCCNCc2ccncc2)cc1. The summed E-state index contributed by atoms with van der Waals surface area (Å²) >= 11 is 0. The van der Waals surface area contributed by atoms with E-state index >= 15 is 0 Å². The molecule has 0 saturated heterocycles. The molecule has 0 saturated carbocycles. The summed E-state index contributed by atoms with van der Waals surface area (Å²) in [7, 11) is 0. The number of hydrogen-bond acceptors (Lipinski definition) is 3. The molecule has 0 aliphatic heterocycles. The minimum absolute atomic E-state index is 0.0317. The van der Waals surface area contributed by atoms with Crippen LogP contribution in [-0.4, -0.2) is 24.0 Å². The lowest BCUT2D eigenvalue weighted by Crippen LogP contribution is -2.31. The van der Waals surface area contributed by atoms with E-state index in [2.05, 4.69) is 15.6 Å². The van der Waals surface area contributed by atoms with E-state index in [4.69, 9.17) is 0 Å². The number of amides is 1. The van der Waals surface area contributed by atoms with Crippen LogP contribution < -0.4 is 10.6 Å². The molecule has 4 nitrogen and oxygen atoms in total. The summed E-state index contributed by atoms with van der Waals surface area (Å²) in [6.45, 7) is 4.13. The monoisotopic (exact) mass is 269 g/mol. The topological polar surface area (TPSA) is 54.0 Å². The average molecular weight is 269 g/mol. The van der Waals surface area contributed by atoms with Gasteiger partial charge < -0.3 is 10.6 Å². The largest absolute Gasteiger partial charge is 0.351 e. The third-order valence-electron chi connectivity index (χ3n) is 2.98. The fourth-order valence-electron chi connectivity index (χ4n) is 1.80. The first-order valence-electron chi connectivity index (χ1n) is 6.70. The van der Waals surface area contributed by atoms with Gasteiger partial charge in [-0.25, -0.2) is 0 Å². The maximum absolute atomic E-state index is 11.8. The zero-order valence-corrected chi connectivity index (χ0v) is 11.6. The minimum Gasteiger partial charge on any atom is -0.351 e. The van der Waals surface area contributed by atoms with E-state index < -0.39 is 0 Å². The summed E-state index contributed by atoms with van der Waals surface area (Å²) in [6.07, 6.45) is 3.55. The highest BCUT2D eigenvalue weighted by atomic mass is 16.1. The van der Waals surface area contributed by atoms with Gasteiger partial charge in [0.1, 0.15) is 0 Å². The highest BCUT2D eigenvalue weighted by Gasteiger charge is 2.03. The molecule has 2 rings (SSSR count). The Bertz CT molecular complexity index is 537. The van der Waals surface area contributed by atoms with Crippen molar-refractivity contribution < 1.29 is 4.79 Å². The van der Waals surface area contributed by atoms with Crippen LogP contribution in [0.4, 0.5) is 0 Å². The van der Waals surface area contributed by atoms with Crippen molar-refractivity contribution in [2.75, 3.05) is 13.1 Å². The van der Waals surface area contributed by atoms with Gasteiger partial charge in [-0.1, -0.05) is 17.7 Å². The summed E-state index contributed by atoms with van der Waals surface area (Å²) in [5, 5.41) is 6.17. The van der Waals surface area contributed by atoms with Crippen LogP contribution in [0.1, 0.15) is 21.5 Å². The Labute approximate surface area is 119 Å². The number of carbonyl (C=O) groups excluding carboxylic acids is 1. The van der Waals surface area contributed by atoms with Crippen molar-refractivity contribution in [3.05, 3.63) is 65.5 Å². The molecule has 0 atom stereocenters. The number of aryl methyl sites for hydroxylation is 1. The van der Waals surface area contributed by atoms with Gasteiger partial charge in [0, 0.05) is 37.6 Å². The molecular formula is C16H19N3O. The first kappa shape index (κ1) is 14.2. The molecule has 2 aromatic rings. The molecule has 1 aromatic heterocycles. The predicted octanol–water partition coefficient (Wildman–Crippen LogP) is 1.91. The van der Waals surface area contributed by atoms with Crippen molar-refractivity contribution in [1.82, 2.24) is 15.6 Å². The number of hydrogen-bond donors (Lipinski definition) is 2. The molecule has 0 unspecified atom stereocenters. The second-order valence-electron chi connectivity index (χ2n) is 4.65. The highest BCUT2D eigenvalue weighted by Crippen LogP contribution is 2.02. The molecule has 0 fully saturated rings. The van der Waals surface area contributed by atoms with Crippen molar-refractivity contribution in [3.63, 3.8) is 0 Å². The Morgan fingerprint density at radius 3 is 2.45 bits per heavy atom. The van der Waals surface area contributed by atoms with Gasteiger partial charge in [0.15, 0.2) is 0 Å². The third-order valence-corrected chi connectivity index (χ3v) is 2.98. The first-order valence-corrected chi connectivity index (χ1v) is 6.70. The molecule has 0 aliphatic carbocycles. The second kappa shape index (κ2) is 7.40. The van der Waals surface area contributed by atoms with E-state index in [1.807, 2.05) is 43.3 Å². The Hall–Kier alpha value is -2.20. The van der Waals surface area contributed by atoms with E-state index in [0.717, 1.165) is 18.7 Å². The van der Waals surface area contributed by atoms with Crippen molar-refractivity contribution in [2.45, 2.75) is 13.5 Å². The minimum atomic E-state index is -0.0317. The summed E-state index contributed by atoms with van der Waals surface area (Å²) in [6, 6.07) is 11.5. The maximum atomic E-state index is 11.8. The molecule has 1 heterocycles. The van der Waals surface area contributed by atoms with Gasteiger partial charge in [-0.15, -0.1) is 0 Å². The van der Waals surface area contributed by atoms with Crippen LogP contribution in [-0.2, 0) is 6.54 Å². The van der Waals surface area contributed by atoms with E-state index in [9.17, 15) is 4.79 Å². The average Bonchev–Trinajstić information content (AvgIpc) is 2.48. The lowest BCUT2D eigenvalue weighted by Gasteiger charge is -2.07. The molecule has 1 amide bonds. The van der Waals surface area contributed by atoms with Crippen LogP contribution in [0, 0.1) is 6.92 Å². The first-order chi connectivity index (χ1) is 9.75. The molecule has 2 N–H and O–H groups in total. The molecule has 0 bridgehead atoms. The molecule has 1 aromatic carbocycles. The van der Waals surface area contributed by atoms with Gasteiger partial charge in [-0.3, -0.25) is 9.78 Å². The molecule has 0 spiro atoms. The Morgan fingerprint density at radius 2 is 1.75 bits per heavy atom. The fourth-order valence-corrected chi connectivity index (χ4v) is 1.80. The van der Waals surface area contributed by atoms with Gasteiger partial charge in [0.25, 0.3) is 5.91 Å². The Balaban J connectivity index is 1.66. The highest BCUT2D eigenvalue weighted by molar-refractivity contribution is 5.94. The molecule has 0 radical (unpaired) electrons. The maximum Gasteiger partial charge on any atom is 0.251 e. The number of benzene rings is 1. The molecular weight excluding hydrogens is 250 g/mol. The number of nitrogens with zero attached hydrogens (tertiary/aromatic N) is 1. The molecule has 0 aliphatic rings. The summed E-state index contributed by atoms with van der Waals surface area (Å²) < 4.78 is 0. The number of aromatic nitrogens is 1. The normalized spacial score (nSPS) is 10.2. The van der Waals surface area contributed by atoms with Crippen molar-refractivity contribution in [2.24, 2.45) is 0 Å². The fraction of sp³-hybridized carbons (Fsp3) is 0.250. The summed E-state index contributed by atoms with van der Waals surface area (Å²) in [4.78, 5) is 15.8. The van der Waals surface area contributed by atoms with Crippen LogP contribution in [0.15, 0.2) is 48.8 Å². The van der Waals surface area contributed by atoms with Gasteiger partial charge in [-0.2, -0.15) is 0 Å². The van der Waals surface area contributed by atoms with Gasteiger partial charge in [-0.05, 0) is 36.8 Å². The molecule has 20 heavy (non-hydrogen) atoms. The summed E-state index contributed by atoms with van der Waals surface area (Å²) in [5.41, 5.74) is 3.04. The zero-order valence-electron chi connectivity index (χ0n) is 11.6. The standard InChI is InChI=1S/C16H19N3O/c1-13-2-4-15(5-3-13)16(20)19-11-10-18-12-14-6-8-17-9-7-14/h2-9,18H,10-12H2,1H3,(H,19,20).